The van der Waals surface area contributed by atoms with E-state index >= 15 is 0 Å². The summed E-state index contributed by atoms with van der Waals surface area (Å²) in [7, 11) is 0. The van der Waals surface area contributed by atoms with Crippen molar-refractivity contribution >= 4 is 11.9 Å². The minimum Gasteiger partial charge on any atom is -0.481 e. The number of hydrogen-bond acceptors (Lipinski definition) is 4. The Morgan fingerprint density at radius 2 is 2.00 bits per heavy atom. The first-order chi connectivity index (χ1) is 10.1. The van der Waals surface area contributed by atoms with Gasteiger partial charge in [0.2, 0.25) is 5.82 Å². The number of aromatic amines is 1. The van der Waals surface area contributed by atoms with Crippen LogP contribution < -0.4 is 5.32 Å². The van der Waals surface area contributed by atoms with Crippen LogP contribution in [-0.2, 0) is 4.79 Å². The zero-order valence-electron chi connectivity index (χ0n) is 11.9. The van der Waals surface area contributed by atoms with Gasteiger partial charge in [0, 0.05) is 5.92 Å². The number of nitrogens with one attached hydrogen (secondary N) is 2. The minimum atomic E-state index is -0.883. The molecule has 0 bridgehead atoms. The van der Waals surface area contributed by atoms with E-state index in [1.165, 1.54) is 0 Å². The Balaban J connectivity index is 1.71. The first kappa shape index (κ1) is 14.0. The summed E-state index contributed by atoms with van der Waals surface area (Å²) < 4.78 is 0. The number of aromatic nitrogens is 3. The highest BCUT2D eigenvalue weighted by molar-refractivity contribution is 5.91. The lowest BCUT2D eigenvalue weighted by molar-refractivity contribution is -0.139. The zero-order chi connectivity index (χ0) is 14.9. The van der Waals surface area contributed by atoms with E-state index in [1.807, 2.05) is 0 Å². The average Bonchev–Trinajstić information content (AvgIpc) is 3.16. The highest BCUT2D eigenvalue weighted by Gasteiger charge is 2.37. The summed E-state index contributed by atoms with van der Waals surface area (Å²) in [6.45, 7) is 0. The average molecular weight is 292 g/mol. The molecule has 0 saturated heterocycles. The second-order valence-electron chi connectivity index (χ2n) is 6.18. The summed E-state index contributed by atoms with van der Waals surface area (Å²) >= 11 is 0. The Hall–Kier alpha value is -1.92. The molecule has 1 aromatic heterocycles. The number of amides is 1. The van der Waals surface area contributed by atoms with Gasteiger partial charge >= 0.3 is 5.97 Å². The van der Waals surface area contributed by atoms with E-state index in [-0.39, 0.29) is 18.2 Å². The fourth-order valence-corrected chi connectivity index (χ4v) is 3.08. The number of nitrogens with zero attached hydrogens (tertiary/aromatic N) is 2. The minimum absolute atomic E-state index is 0.0430. The third-order valence-corrected chi connectivity index (χ3v) is 4.35. The van der Waals surface area contributed by atoms with Gasteiger partial charge in [-0.2, -0.15) is 0 Å². The Bertz CT molecular complexity index is 544. The fourth-order valence-electron chi connectivity index (χ4n) is 3.08. The lowest BCUT2D eigenvalue weighted by Crippen LogP contribution is -2.51. The fraction of sp³-hybridized carbons (Fsp3) is 0.714. The van der Waals surface area contributed by atoms with Crippen molar-refractivity contribution in [2.75, 3.05) is 0 Å². The molecule has 2 fully saturated rings. The van der Waals surface area contributed by atoms with E-state index in [2.05, 4.69) is 20.5 Å². The number of carboxylic acid groups (broad SMARTS) is 1. The summed E-state index contributed by atoms with van der Waals surface area (Å²) in [5.74, 6) is 0.0252. The molecule has 2 aliphatic carbocycles. The molecule has 7 heteroatoms. The van der Waals surface area contributed by atoms with Gasteiger partial charge in [0.15, 0.2) is 0 Å². The molecule has 0 unspecified atom stereocenters. The maximum absolute atomic E-state index is 12.3. The summed E-state index contributed by atoms with van der Waals surface area (Å²) in [5.41, 5.74) is -0.651. The van der Waals surface area contributed by atoms with Gasteiger partial charge < -0.3 is 10.4 Å². The molecule has 0 aromatic carbocycles. The van der Waals surface area contributed by atoms with Crippen LogP contribution in [0.25, 0.3) is 0 Å². The third kappa shape index (κ3) is 3.22. The zero-order valence-corrected chi connectivity index (χ0v) is 11.9. The van der Waals surface area contributed by atoms with Crippen LogP contribution in [-0.4, -0.2) is 37.7 Å². The SMILES string of the molecule is O=C(O)CC1(NC(=O)c2n[nH]c(C3CC3)n2)CCCCC1. The van der Waals surface area contributed by atoms with Gasteiger partial charge in [-0.3, -0.25) is 14.7 Å². The van der Waals surface area contributed by atoms with Crippen LogP contribution in [0.2, 0.25) is 0 Å². The van der Waals surface area contributed by atoms with Crippen molar-refractivity contribution in [2.24, 2.45) is 0 Å². The van der Waals surface area contributed by atoms with Crippen molar-refractivity contribution < 1.29 is 14.7 Å². The predicted octanol–water partition coefficient (Wildman–Crippen LogP) is 1.59. The van der Waals surface area contributed by atoms with Gasteiger partial charge in [-0.15, -0.1) is 5.10 Å². The number of carboxylic acids is 1. The van der Waals surface area contributed by atoms with Crippen LogP contribution in [0.1, 0.15) is 73.7 Å². The number of rotatable bonds is 5. The molecule has 114 valence electrons. The molecule has 1 amide bonds. The molecule has 0 radical (unpaired) electrons. The Kier molecular flexibility index (Phi) is 3.65. The largest absolute Gasteiger partial charge is 0.481 e. The highest BCUT2D eigenvalue weighted by Crippen LogP contribution is 2.37. The predicted molar refractivity (Wildman–Crippen MR) is 73.9 cm³/mol. The lowest BCUT2D eigenvalue weighted by atomic mass is 9.79. The van der Waals surface area contributed by atoms with Gasteiger partial charge in [0.25, 0.3) is 5.91 Å². The molecule has 2 aliphatic rings. The van der Waals surface area contributed by atoms with Crippen LogP contribution in [0.3, 0.4) is 0 Å². The summed E-state index contributed by atoms with van der Waals surface area (Å²) in [6.07, 6.45) is 6.49. The molecule has 3 N–H and O–H groups in total. The maximum atomic E-state index is 12.3. The van der Waals surface area contributed by atoms with Crippen LogP contribution >= 0.6 is 0 Å². The first-order valence-electron chi connectivity index (χ1n) is 7.55. The number of carbonyl (C=O) groups is 2. The van der Waals surface area contributed by atoms with Crippen molar-refractivity contribution in [1.82, 2.24) is 20.5 Å². The topological polar surface area (TPSA) is 108 Å². The second kappa shape index (κ2) is 5.46. The molecule has 1 heterocycles. The Morgan fingerprint density at radius 1 is 1.29 bits per heavy atom. The number of aliphatic carboxylic acids is 1. The molecule has 1 aromatic rings. The first-order valence-corrected chi connectivity index (χ1v) is 7.55. The number of hydrogen-bond donors (Lipinski definition) is 3. The molecule has 3 rings (SSSR count). The normalized spacial score (nSPS) is 21.0. The molecule has 0 aliphatic heterocycles. The Morgan fingerprint density at radius 3 is 2.62 bits per heavy atom. The number of carbonyl (C=O) groups excluding carboxylic acids is 1. The molecular weight excluding hydrogens is 272 g/mol. The molecule has 2 saturated carbocycles. The monoisotopic (exact) mass is 292 g/mol. The van der Waals surface area contributed by atoms with Gasteiger partial charge in [0.1, 0.15) is 5.82 Å². The van der Waals surface area contributed by atoms with E-state index in [0.29, 0.717) is 18.8 Å². The van der Waals surface area contributed by atoms with Crippen molar-refractivity contribution in [3.05, 3.63) is 11.6 Å². The lowest BCUT2D eigenvalue weighted by Gasteiger charge is -2.36. The quantitative estimate of drug-likeness (QED) is 0.763. The van der Waals surface area contributed by atoms with Crippen molar-refractivity contribution in [3.8, 4) is 0 Å². The molecule has 21 heavy (non-hydrogen) atoms. The van der Waals surface area contributed by atoms with E-state index in [0.717, 1.165) is 37.9 Å². The molecule has 7 nitrogen and oxygen atoms in total. The van der Waals surface area contributed by atoms with E-state index in [1.54, 1.807) is 0 Å². The van der Waals surface area contributed by atoms with Crippen molar-refractivity contribution in [3.63, 3.8) is 0 Å². The molecule has 0 spiro atoms. The van der Waals surface area contributed by atoms with Crippen molar-refractivity contribution in [2.45, 2.75) is 62.8 Å². The van der Waals surface area contributed by atoms with E-state index in [4.69, 9.17) is 5.11 Å². The molecular formula is C14H20N4O3. The van der Waals surface area contributed by atoms with Gasteiger partial charge in [-0.25, -0.2) is 4.98 Å². The molecule has 0 atom stereocenters. The summed E-state index contributed by atoms with van der Waals surface area (Å²) in [6, 6.07) is 0. The number of H-pyrrole nitrogens is 1. The third-order valence-electron chi connectivity index (χ3n) is 4.35. The van der Waals surface area contributed by atoms with Crippen LogP contribution in [0.4, 0.5) is 0 Å². The van der Waals surface area contributed by atoms with E-state index in [9.17, 15) is 9.59 Å². The van der Waals surface area contributed by atoms with Crippen LogP contribution in [0, 0.1) is 0 Å². The van der Waals surface area contributed by atoms with Gasteiger partial charge in [-0.1, -0.05) is 19.3 Å². The second-order valence-corrected chi connectivity index (χ2v) is 6.18. The standard InChI is InChI=1S/C14H20N4O3/c19-10(20)8-14(6-2-1-3-7-14)16-13(21)12-15-11(17-18-12)9-4-5-9/h9H,1-8H2,(H,16,21)(H,19,20)(H,15,17,18). The van der Waals surface area contributed by atoms with Crippen LogP contribution in [0.15, 0.2) is 0 Å². The summed E-state index contributed by atoms with van der Waals surface area (Å²) in [5, 5.41) is 18.8. The van der Waals surface area contributed by atoms with Gasteiger partial charge in [0.05, 0.1) is 12.0 Å². The Labute approximate surface area is 122 Å². The summed E-state index contributed by atoms with van der Waals surface area (Å²) in [4.78, 5) is 27.6. The highest BCUT2D eigenvalue weighted by atomic mass is 16.4. The van der Waals surface area contributed by atoms with Crippen molar-refractivity contribution in [1.29, 1.82) is 0 Å². The smallest absolute Gasteiger partial charge is 0.305 e. The van der Waals surface area contributed by atoms with E-state index < -0.39 is 11.5 Å². The maximum Gasteiger partial charge on any atom is 0.305 e. The van der Waals surface area contributed by atoms with Crippen LogP contribution in [0.5, 0.6) is 0 Å². The van der Waals surface area contributed by atoms with Gasteiger partial charge in [-0.05, 0) is 25.7 Å².